The number of carboxylic acid groups (broad SMARTS) is 1. The number of pyridine rings is 1. The summed E-state index contributed by atoms with van der Waals surface area (Å²) >= 11 is 0. The molecular weight excluding hydrogens is 264 g/mol. The van der Waals surface area contributed by atoms with Crippen LogP contribution in [-0.4, -0.2) is 48.8 Å². The van der Waals surface area contributed by atoms with Gasteiger partial charge in [0.05, 0.1) is 12.5 Å². The number of aliphatic carboxylic acids is 1. The predicted molar refractivity (Wildman–Crippen MR) is 70.7 cm³/mol. The highest BCUT2D eigenvalue weighted by atomic mass is 16.5. The molecule has 7 nitrogen and oxygen atoms in total. The van der Waals surface area contributed by atoms with Crippen LogP contribution in [0.2, 0.25) is 0 Å². The van der Waals surface area contributed by atoms with E-state index < -0.39 is 11.9 Å². The van der Waals surface area contributed by atoms with Gasteiger partial charge in [0, 0.05) is 31.5 Å². The van der Waals surface area contributed by atoms with Crippen LogP contribution in [0.15, 0.2) is 18.3 Å². The Labute approximate surface area is 116 Å². The molecule has 7 heteroatoms. The molecule has 1 amide bonds. The van der Waals surface area contributed by atoms with Crippen molar-refractivity contribution in [3.8, 4) is 5.88 Å². The summed E-state index contributed by atoms with van der Waals surface area (Å²) in [6.45, 7) is 2.35. The Kier molecular flexibility index (Phi) is 6.45. The van der Waals surface area contributed by atoms with E-state index in [-0.39, 0.29) is 12.5 Å². The largest absolute Gasteiger partial charge is 0.481 e. The molecule has 1 aromatic rings. The molecule has 0 saturated heterocycles. The van der Waals surface area contributed by atoms with Crippen LogP contribution in [0.1, 0.15) is 17.3 Å². The molecule has 0 radical (unpaired) electrons. The molecule has 1 unspecified atom stereocenters. The number of carbonyl (C=O) groups is 2. The average Bonchev–Trinajstić information content (AvgIpc) is 2.44. The molecule has 0 spiro atoms. The van der Waals surface area contributed by atoms with Gasteiger partial charge >= 0.3 is 5.97 Å². The summed E-state index contributed by atoms with van der Waals surface area (Å²) in [5.74, 6) is -1.64. The summed E-state index contributed by atoms with van der Waals surface area (Å²) in [5, 5.41) is 11.3. The Balaban J connectivity index is 2.55. The summed E-state index contributed by atoms with van der Waals surface area (Å²) in [7, 11) is 1.56. The molecule has 2 N–H and O–H groups in total. The number of nitrogens with zero attached hydrogens (tertiary/aromatic N) is 1. The van der Waals surface area contributed by atoms with Crippen molar-refractivity contribution in [2.45, 2.75) is 6.92 Å². The molecule has 0 aliphatic heterocycles. The zero-order chi connectivity index (χ0) is 15.0. The first-order chi connectivity index (χ1) is 9.54. The maximum absolute atomic E-state index is 11.8. The van der Waals surface area contributed by atoms with Crippen LogP contribution in [0.4, 0.5) is 0 Å². The fourth-order valence-electron chi connectivity index (χ4n) is 1.29. The number of aromatic nitrogens is 1. The molecule has 0 aliphatic rings. The van der Waals surface area contributed by atoms with Gasteiger partial charge in [0.1, 0.15) is 6.61 Å². The Morgan fingerprint density at radius 1 is 1.45 bits per heavy atom. The fraction of sp³-hybridized carbons (Fsp3) is 0.462. The van der Waals surface area contributed by atoms with Crippen molar-refractivity contribution in [1.29, 1.82) is 0 Å². The zero-order valence-electron chi connectivity index (χ0n) is 11.5. The van der Waals surface area contributed by atoms with E-state index in [9.17, 15) is 9.59 Å². The van der Waals surface area contributed by atoms with E-state index in [4.69, 9.17) is 14.6 Å². The van der Waals surface area contributed by atoms with Gasteiger partial charge in [-0.25, -0.2) is 4.98 Å². The van der Waals surface area contributed by atoms with Crippen molar-refractivity contribution >= 4 is 11.9 Å². The number of methoxy groups -OCH3 is 1. The van der Waals surface area contributed by atoms with Crippen molar-refractivity contribution < 1.29 is 24.2 Å². The summed E-state index contributed by atoms with van der Waals surface area (Å²) in [4.78, 5) is 26.5. The molecule has 1 atom stereocenters. The number of amides is 1. The van der Waals surface area contributed by atoms with Gasteiger partial charge in [0.15, 0.2) is 0 Å². The van der Waals surface area contributed by atoms with E-state index in [1.165, 1.54) is 25.3 Å². The number of hydrogen-bond donors (Lipinski definition) is 2. The van der Waals surface area contributed by atoms with Crippen molar-refractivity contribution in [1.82, 2.24) is 10.3 Å². The van der Waals surface area contributed by atoms with Crippen LogP contribution in [0.5, 0.6) is 5.88 Å². The second-order valence-electron chi connectivity index (χ2n) is 4.17. The van der Waals surface area contributed by atoms with E-state index in [1.54, 1.807) is 7.11 Å². The number of carbonyl (C=O) groups excluding carboxylic acids is 1. The Morgan fingerprint density at radius 2 is 2.20 bits per heavy atom. The van der Waals surface area contributed by atoms with Gasteiger partial charge in [-0.15, -0.1) is 0 Å². The molecule has 1 aromatic heterocycles. The van der Waals surface area contributed by atoms with Crippen LogP contribution >= 0.6 is 0 Å². The molecule has 0 saturated carbocycles. The third-order valence-corrected chi connectivity index (χ3v) is 2.52. The maximum atomic E-state index is 11.8. The first-order valence-corrected chi connectivity index (χ1v) is 6.13. The molecule has 110 valence electrons. The number of ether oxygens (including phenoxy) is 2. The second-order valence-corrected chi connectivity index (χ2v) is 4.17. The normalized spacial score (nSPS) is 11.7. The van der Waals surface area contributed by atoms with Gasteiger partial charge in [-0.05, 0) is 6.07 Å². The van der Waals surface area contributed by atoms with Crippen molar-refractivity contribution in [3.63, 3.8) is 0 Å². The first kappa shape index (κ1) is 15.9. The number of hydrogen-bond acceptors (Lipinski definition) is 5. The molecule has 20 heavy (non-hydrogen) atoms. The van der Waals surface area contributed by atoms with E-state index >= 15 is 0 Å². The number of rotatable bonds is 8. The Morgan fingerprint density at radius 3 is 2.85 bits per heavy atom. The van der Waals surface area contributed by atoms with Crippen molar-refractivity contribution in [3.05, 3.63) is 23.9 Å². The van der Waals surface area contributed by atoms with Crippen LogP contribution in [0, 0.1) is 5.92 Å². The van der Waals surface area contributed by atoms with Crippen LogP contribution in [0.3, 0.4) is 0 Å². The van der Waals surface area contributed by atoms with Crippen LogP contribution < -0.4 is 10.1 Å². The highest BCUT2D eigenvalue weighted by Crippen LogP contribution is 2.09. The van der Waals surface area contributed by atoms with E-state index in [0.29, 0.717) is 24.7 Å². The predicted octanol–water partition coefficient (Wildman–Crippen LogP) is 0.557. The highest BCUT2D eigenvalue weighted by Gasteiger charge is 2.13. The molecular formula is C13H18N2O5. The van der Waals surface area contributed by atoms with E-state index in [1.807, 2.05) is 0 Å². The van der Waals surface area contributed by atoms with Crippen LogP contribution in [0.25, 0.3) is 0 Å². The summed E-state index contributed by atoms with van der Waals surface area (Å²) < 4.78 is 10.1. The lowest BCUT2D eigenvalue weighted by molar-refractivity contribution is -0.140. The second kappa shape index (κ2) is 8.11. The highest BCUT2D eigenvalue weighted by molar-refractivity contribution is 5.94. The SMILES string of the molecule is COCCOc1cc(C(=O)NCC(C)C(=O)O)ccn1. The molecule has 1 rings (SSSR count). The molecule has 0 aromatic carbocycles. The summed E-state index contributed by atoms with van der Waals surface area (Å²) in [5.41, 5.74) is 0.366. The minimum absolute atomic E-state index is 0.0658. The van der Waals surface area contributed by atoms with Gasteiger partial charge in [0.2, 0.25) is 5.88 Å². The molecule has 1 heterocycles. The lowest BCUT2D eigenvalue weighted by Crippen LogP contribution is -2.31. The maximum Gasteiger partial charge on any atom is 0.308 e. The van der Waals surface area contributed by atoms with Crippen molar-refractivity contribution in [2.24, 2.45) is 5.92 Å². The van der Waals surface area contributed by atoms with Gasteiger partial charge in [0.25, 0.3) is 5.91 Å². The quantitative estimate of drug-likeness (QED) is 0.676. The smallest absolute Gasteiger partial charge is 0.308 e. The molecule has 0 bridgehead atoms. The number of nitrogens with one attached hydrogen (secondary N) is 1. The Bertz CT molecular complexity index is 464. The third-order valence-electron chi connectivity index (χ3n) is 2.52. The first-order valence-electron chi connectivity index (χ1n) is 6.13. The lowest BCUT2D eigenvalue weighted by Gasteiger charge is -2.09. The minimum Gasteiger partial charge on any atom is -0.481 e. The van der Waals surface area contributed by atoms with Gasteiger partial charge in [-0.2, -0.15) is 0 Å². The van der Waals surface area contributed by atoms with Crippen LogP contribution in [-0.2, 0) is 9.53 Å². The Hall–Kier alpha value is -2.15. The average molecular weight is 282 g/mol. The molecule has 0 aliphatic carbocycles. The monoisotopic (exact) mass is 282 g/mol. The topological polar surface area (TPSA) is 97.8 Å². The summed E-state index contributed by atoms with van der Waals surface area (Å²) in [6.07, 6.45) is 1.46. The minimum atomic E-state index is -0.955. The standard InChI is InChI=1S/C13H18N2O5/c1-9(13(17)18)8-15-12(16)10-3-4-14-11(7-10)20-6-5-19-2/h3-4,7,9H,5-6,8H2,1-2H3,(H,15,16)(H,17,18). The van der Waals surface area contributed by atoms with Gasteiger partial charge in [-0.1, -0.05) is 6.92 Å². The van der Waals surface area contributed by atoms with Crippen molar-refractivity contribution in [2.75, 3.05) is 26.9 Å². The van der Waals surface area contributed by atoms with E-state index in [2.05, 4.69) is 10.3 Å². The fourth-order valence-corrected chi connectivity index (χ4v) is 1.29. The summed E-state index contributed by atoms with van der Waals surface area (Å²) in [6, 6.07) is 3.03. The van der Waals surface area contributed by atoms with E-state index in [0.717, 1.165) is 0 Å². The van der Waals surface area contributed by atoms with Gasteiger partial charge in [-0.3, -0.25) is 9.59 Å². The third kappa shape index (κ3) is 5.23. The lowest BCUT2D eigenvalue weighted by atomic mass is 10.2. The zero-order valence-corrected chi connectivity index (χ0v) is 11.5. The number of carboxylic acids is 1. The molecule has 0 fully saturated rings. The van der Waals surface area contributed by atoms with Gasteiger partial charge < -0.3 is 19.9 Å².